The summed E-state index contributed by atoms with van der Waals surface area (Å²) in [5.74, 6) is -1.09. The van der Waals surface area contributed by atoms with E-state index in [1.165, 1.54) is 42.5 Å². The Kier molecular flexibility index (Phi) is 5.59. The molecule has 118 valence electrons. The van der Waals surface area contributed by atoms with Crippen molar-refractivity contribution in [2.24, 2.45) is 0 Å². The van der Waals surface area contributed by atoms with Gasteiger partial charge in [0, 0.05) is 28.2 Å². The van der Waals surface area contributed by atoms with Gasteiger partial charge in [-0.1, -0.05) is 15.9 Å². The van der Waals surface area contributed by atoms with E-state index in [2.05, 4.69) is 15.9 Å². The lowest BCUT2D eigenvalue weighted by molar-refractivity contribution is -0.384. The molecular weight excluding hydrogens is 369 g/mol. The van der Waals surface area contributed by atoms with E-state index in [-0.39, 0.29) is 17.9 Å². The molecule has 0 heterocycles. The maximum absolute atomic E-state index is 13.5. The number of benzene rings is 2. The number of halogens is 2. The maximum Gasteiger partial charge on any atom is 0.331 e. The van der Waals surface area contributed by atoms with E-state index in [0.29, 0.717) is 10.0 Å². The van der Waals surface area contributed by atoms with Gasteiger partial charge in [-0.2, -0.15) is 0 Å². The van der Waals surface area contributed by atoms with Crippen LogP contribution in [0.1, 0.15) is 11.1 Å². The van der Waals surface area contributed by atoms with Gasteiger partial charge in [0.05, 0.1) is 4.92 Å². The van der Waals surface area contributed by atoms with Crippen molar-refractivity contribution in [2.45, 2.75) is 6.61 Å². The molecule has 0 aliphatic heterocycles. The predicted octanol–water partition coefficient (Wildman–Crippen LogP) is 4.25. The van der Waals surface area contributed by atoms with Gasteiger partial charge < -0.3 is 4.74 Å². The standard InChI is InChI=1S/C16H11BrFNO4/c17-13-4-7-15(18)12(9-13)3-8-16(20)23-10-11-1-5-14(6-2-11)19(21)22/h1-9H,10H2/b8-3+. The number of non-ortho nitro benzene ring substituents is 1. The van der Waals surface area contributed by atoms with E-state index >= 15 is 0 Å². The molecule has 0 aliphatic carbocycles. The smallest absolute Gasteiger partial charge is 0.331 e. The third-order valence-electron chi connectivity index (χ3n) is 2.89. The van der Waals surface area contributed by atoms with Crippen LogP contribution in [0.2, 0.25) is 0 Å². The Bertz CT molecular complexity index is 759. The van der Waals surface area contributed by atoms with Gasteiger partial charge in [-0.3, -0.25) is 10.1 Å². The molecule has 5 nitrogen and oxygen atoms in total. The van der Waals surface area contributed by atoms with Crippen molar-refractivity contribution in [3.8, 4) is 0 Å². The van der Waals surface area contributed by atoms with Gasteiger partial charge in [-0.15, -0.1) is 0 Å². The first-order valence-electron chi connectivity index (χ1n) is 6.49. The van der Waals surface area contributed by atoms with Gasteiger partial charge in [-0.05, 0) is 42.0 Å². The summed E-state index contributed by atoms with van der Waals surface area (Å²) in [6, 6.07) is 10.0. The number of hydrogen-bond donors (Lipinski definition) is 0. The van der Waals surface area contributed by atoms with Crippen molar-refractivity contribution < 1.29 is 18.8 Å². The molecule has 0 saturated heterocycles. The van der Waals surface area contributed by atoms with E-state index < -0.39 is 16.7 Å². The zero-order valence-electron chi connectivity index (χ0n) is 11.7. The highest BCUT2D eigenvalue weighted by Crippen LogP contribution is 2.17. The first kappa shape index (κ1) is 16.8. The maximum atomic E-state index is 13.5. The Morgan fingerprint density at radius 2 is 1.96 bits per heavy atom. The number of nitro benzene ring substituents is 1. The molecule has 2 aromatic carbocycles. The summed E-state index contributed by atoms with van der Waals surface area (Å²) in [5.41, 5.74) is 0.836. The molecule has 0 saturated carbocycles. The Morgan fingerprint density at radius 1 is 1.26 bits per heavy atom. The monoisotopic (exact) mass is 379 g/mol. The highest BCUT2D eigenvalue weighted by Gasteiger charge is 2.05. The molecule has 0 atom stereocenters. The fourth-order valence-corrected chi connectivity index (χ4v) is 2.10. The largest absolute Gasteiger partial charge is 0.458 e. The van der Waals surface area contributed by atoms with Gasteiger partial charge in [0.2, 0.25) is 0 Å². The number of ether oxygens (including phenoxy) is 1. The third kappa shape index (κ3) is 5.00. The van der Waals surface area contributed by atoms with Gasteiger partial charge in [-0.25, -0.2) is 9.18 Å². The van der Waals surface area contributed by atoms with Crippen LogP contribution in [0.25, 0.3) is 6.08 Å². The Balaban J connectivity index is 1.93. The van der Waals surface area contributed by atoms with Crippen molar-refractivity contribution in [2.75, 3.05) is 0 Å². The molecule has 23 heavy (non-hydrogen) atoms. The van der Waals surface area contributed by atoms with Crippen LogP contribution in [0.15, 0.2) is 53.0 Å². The van der Waals surface area contributed by atoms with E-state index in [1.807, 2.05) is 0 Å². The molecule has 0 N–H and O–H groups in total. The van der Waals surface area contributed by atoms with E-state index in [1.54, 1.807) is 6.07 Å². The Hall–Kier alpha value is -2.54. The second-order valence-corrected chi connectivity index (χ2v) is 5.45. The lowest BCUT2D eigenvalue weighted by Gasteiger charge is -2.02. The number of hydrogen-bond acceptors (Lipinski definition) is 4. The average molecular weight is 380 g/mol. The number of rotatable bonds is 5. The molecule has 0 fully saturated rings. The van der Waals surface area contributed by atoms with E-state index in [0.717, 1.165) is 6.08 Å². The van der Waals surface area contributed by atoms with Gasteiger partial charge >= 0.3 is 5.97 Å². The van der Waals surface area contributed by atoms with Gasteiger partial charge in [0.15, 0.2) is 0 Å². The van der Waals surface area contributed by atoms with Crippen LogP contribution in [-0.4, -0.2) is 10.9 Å². The van der Waals surface area contributed by atoms with Crippen LogP contribution in [0.4, 0.5) is 10.1 Å². The number of carbonyl (C=O) groups excluding carboxylic acids is 1. The summed E-state index contributed by atoms with van der Waals surface area (Å²) in [6.45, 7) is -0.0257. The highest BCUT2D eigenvalue weighted by molar-refractivity contribution is 9.10. The molecule has 0 amide bonds. The fourth-order valence-electron chi connectivity index (χ4n) is 1.72. The molecule has 0 unspecified atom stereocenters. The zero-order valence-corrected chi connectivity index (χ0v) is 13.3. The van der Waals surface area contributed by atoms with Gasteiger partial charge in [0.1, 0.15) is 12.4 Å². The minimum absolute atomic E-state index is 0.0257. The molecule has 0 aliphatic rings. The zero-order chi connectivity index (χ0) is 16.8. The Labute approximate surface area is 139 Å². The molecular formula is C16H11BrFNO4. The Morgan fingerprint density at radius 3 is 2.61 bits per heavy atom. The van der Waals surface area contributed by atoms with Crippen molar-refractivity contribution >= 4 is 33.7 Å². The lowest BCUT2D eigenvalue weighted by Crippen LogP contribution is -2.01. The fraction of sp³-hybridized carbons (Fsp3) is 0.0625. The normalized spacial score (nSPS) is 10.7. The second-order valence-electron chi connectivity index (χ2n) is 4.53. The molecule has 0 bridgehead atoms. The predicted molar refractivity (Wildman–Crippen MR) is 86.0 cm³/mol. The number of carbonyl (C=O) groups is 1. The summed E-state index contributed by atoms with van der Waals surface area (Å²) < 4.78 is 19.2. The van der Waals surface area contributed by atoms with Crippen molar-refractivity contribution in [3.63, 3.8) is 0 Å². The van der Waals surface area contributed by atoms with Crippen LogP contribution in [0.5, 0.6) is 0 Å². The third-order valence-corrected chi connectivity index (χ3v) is 3.38. The second kappa shape index (κ2) is 7.64. The van der Waals surface area contributed by atoms with Crippen molar-refractivity contribution in [1.82, 2.24) is 0 Å². The average Bonchev–Trinajstić information content (AvgIpc) is 2.54. The summed E-state index contributed by atoms with van der Waals surface area (Å²) in [7, 11) is 0. The number of nitro groups is 1. The molecule has 2 aromatic rings. The molecule has 7 heteroatoms. The first-order chi connectivity index (χ1) is 11.0. The minimum Gasteiger partial charge on any atom is -0.458 e. The van der Waals surface area contributed by atoms with Crippen LogP contribution < -0.4 is 0 Å². The van der Waals surface area contributed by atoms with Gasteiger partial charge in [0.25, 0.3) is 5.69 Å². The minimum atomic E-state index is -0.636. The summed E-state index contributed by atoms with van der Waals surface area (Å²) >= 11 is 3.22. The van der Waals surface area contributed by atoms with E-state index in [9.17, 15) is 19.3 Å². The summed E-state index contributed by atoms with van der Waals surface area (Å²) in [5, 5.41) is 10.5. The van der Waals surface area contributed by atoms with Crippen LogP contribution in [-0.2, 0) is 16.1 Å². The molecule has 0 radical (unpaired) electrons. The SMILES string of the molecule is O=C(/C=C/c1cc(Br)ccc1F)OCc1ccc([N+](=O)[O-])cc1. The van der Waals surface area contributed by atoms with Crippen LogP contribution >= 0.6 is 15.9 Å². The topological polar surface area (TPSA) is 69.4 Å². The van der Waals surface area contributed by atoms with Crippen molar-refractivity contribution in [1.29, 1.82) is 0 Å². The molecule has 0 spiro atoms. The van der Waals surface area contributed by atoms with Crippen LogP contribution in [0, 0.1) is 15.9 Å². The summed E-state index contributed by atoms with van der Waals surface area (Å²) in [6.07, 6.45) is 2.44. The first-order valence-corrected chi connectivity index (χ1v) is 7.28. The van der Waals surface area contributed by atoms with Crippen LogP contribution in [0.3, 0.4) is 0 Å². The number of nitrogens with zero attached hydrogens (tertiary/aromatic N) is 1. The van der Waals surface area contributed by atoms with E-state index in [4.69, 9.17) is 4.74 Å². The highest BCUT2D eigenvalue weighted by atomic mass is 79.9. The van der Waals surface area contributed by atoms with Crippen molar-refractivity contribution in [3.05, 3.63) is 80.1 Å². The molecule has 0 aromatic heterocycles. The number of esters is 1. The molecule has 2 rings (SSSR count). The summed E-state index contributed by atoms with van der Waals surface area (Å²) in [4.78, 5) is 21.6. The quantitative estimate of drug-likeness (QED) is 0.337. The lowest BCUT2D eigenvalue weighted by atomic mass is 10.2.